The van der Waals surface area contributed by atoms with Gasteiger partial charge in [-0.15, -0.1) is 0 Å². The summed E-state index contributed by atoms with van der Waals surface area (Å²) in [4.78, 5) is 29.8. The van der Waals surface area contributed by atoms with Crippen molar-refractivity contribution in [2.45, 2.75) is 23.8 Å². The summed E-state index contributed by atoms with van der Waals surface area (Å²) in [5.74, 6) is 0.210. The van der Waals surface area contributed by atoms with Crippen LogP contribution in [-0.2, 0) is 11.0 Å². The van der Waals surface area contributed by atoms with Crippen LogP contribution in [0, 0.1) is 0 Å². The molecular weight excluding hydrogens is 425 g/mol. The molecule has 3 aromatic heterocycles. The fourth-order valence-corrected chi connectivity index (χ4v) is 3.61. The first-order chi connectivity index (χ1) is 14.3. The molecule has 0 saturated heterocycles. The van der Waals surface area contributed by atoms with Crippen molar-refractivity contribution in [3.8, 4) is 0 Å². The number of aromatic nitrogens is 2. The van der Waals surface area contributed by atoms with Gasteiger partial charge in [-0.25, -0.2) is 9.99 Å². The third kappa shape index (κ3) is 4.17. The van der Waals surface area contributed by atoms with E-state index < -0.39 is 29.4 Å². The van der Waals surface area contributed by atoms with E-state index in [9.17, 15) is 22.8 Å². The summed E-state index contributed by atoms with van der Waals surface area (Å²) in [6, 6.07) is 6.61. The molecule has 1 atom stereocenters. The topological polar surface area (TPSA) is 105 Å². The second-order valence-electron chi connectivity index (χ2n) is 6.22. The number of aromatic amines is 1. The monoisotopic (exact) mass is 438 g/mol. The third-order valence-electron chi connectivity index (χ3n) is 4.19. The van der Waals surface area contributed by atoms with Crippen LogP contribution in [0.2, 0.25) is 0 Å². The van der Waals surface area contributed by atoms with E-state index in [1.165, 1.54) is 17.5 Å². The number of nitrogens with zero attached hydrogens (tertiary/aromatic N) is 3. The first kappa shape index (κ1) is 20.0. The molecule has 1 aliphatic heterocycles. The molecule has 4 rings (SSSR count). The van der Waals surface area contributed by atoms with E-state index >= 15 is 0 Å². The smallest absolute Gasteiger partial charge is 0.433 e. The van der Waals surface area contributed by atoms with Crippen LogP contribution < -0.4 is 5.56 Å². The van der Waals surface area contributed by atoms with Gasteiger partial charge in [0.25, 0.3) is 11.5 Å². The summed E-state index contributed by atoms with van der Waals surface area (Å²) in [6.07, 6.45) is -1.48. The van der Waals surface area contributed by atoms with Crippen molar-refractivity contribution < 1.29 is 26.8 Å². The second-order valence-corrected chi connectivity index (χ2v) is 7.18. The highest BCUT2D eigenvalue weighted by Gasteiger charge is 2.36. The predicted octanol–water partition coefficient (Wildman–Crippen LogP) is 3.44. The van der Waals surface area contributed by atoms with Crippen molar-refractivity contribution in [1.82, 2.24) is 15.0 Å². The number of amides is 1. The van der Waals surface area contributed by atoms with Crippen LogP contribution in [-0.4, -0.2) is 32.3 Å². The van der Waals surface area contributed by atoms with E-state index in [-0.39, 0.29) is 10.9 Å². The van der Waals surface area contributed by atoms with Crippen LogP contribution >= 0.6 is 11.8 Å². The molecule has 4 heterocycles. The molecule has 0 radical (unpaired) electrons. The molecule has 12 heteroatoms. The van der Waals surface area contributed by atoms with Gasteiger partial charge in [0.15, 0.2) is 10.9 Å². The van der Waals surface area contributed by atoms with E-state index in [0.717, 1.165) is 0 Å². The summed E-state index contributed by atoms with van der Waals surface area (Å²) >= 11 is 0.677. The Labute approximate surface area is 170 Å². The Morgan fingerprint density at radius 3 is 2.70 bits per heavy atom. The molecular formula is C18H13F3N4O4S. The Hall–Kier alpha value is -3.28. The number of alkyl halides is 3. The summed E-state index contributed by atoms with van der Waals surface area (Å²) in [7, 11) is 0. The van der Waals surface area contributed by atoms with Gasteiger partial charge < -0.3 is 13.8 Å². The number of hydrogen-bond donors (Lipinski definition) is 1. The lowest BCUT2D eigenvalue weighted by molar-refractivity contribution is -0.141. The number of carbonyl (C=O) groups is 1. The molecule has 1 N–H and O–H groups in total. The molecule has 156 valence electrons. The normalized spacial score (nSPS) is 16.7. The minimum absolute atomic E-state index is 0.295. The number of hydrazone groups is 1. The standard InChI is InChI=1S/C18H13F3N4O4S/c19-18(20,21)14-8-15(26)23-17(22-14)30-9-16(27)25-11(13-4-2-6-29-13)7-10(24-25)12-3-1-5-28-12/h1-6,8,11H,7,9H2,(H,22,23,26). The molecule has 8 nitrogen and oxygen atoms in total. The van der Waals surface area contributed by atoms with Gasteiger partial charge in [-0.1, -0.05) is 11.8 Å². The second kappa shape index (κ2) is 7.86. The molecule has 0 aromatic carbocycles. The number of carbonyl (C=O) groups excluding carboxylic acids is 1. The van der Waals surface area contributed by atoms with E-state index in [1.807, 2.05) is 0 Å². The zero-order valence-electron chi connectivity index (χ0n) is 15.0. The average Bonchev–Trinajstić information content (AvgIpc) is 3.45. The van der Waals surface area contributed by atoms with E-state index in [0.29, 0.717) is 41.5 Å². The Kier molecular flexibility index (Phi) is 5.24. The van der Waals surface area contributed by atoms with Crippen molar-refractivity contribution >= 4 is 23.4 Å². The van der Waals surface area contributed by atoms with Gasteiger partial charge in [-0.05, 0) is 24.3 Å². The fourth-order valence-electron chi connectivity index (χ4n) is 2.88. The highest BCUT2D eigenvalue weighted by atomic mass is 32.2. The Morgan fingerprint density at radius 2 is 2.03 bits per heavy atom. The van der Waals surface area contributed by atoms with Crippen molar-refractivity contribution in [2.75, 3.05) is 5.75 Å². The molecule has 1 aliphatic rings. The highest BCUT2D eigenvalue weighted by molar-refractivity contribution is 7.99. The van der Waals surface area contributed by atoms with E-state index in [4.69, 9.17) is 8.83 Å². The van der Waals surface area contributed by atoms with Gasteiger partial charge in [0.1, 0.15) is 23.3 Å². The molecule has 0 saturated carbocycles. The first-order valence-corrected chi connectivity index (χ1v) is 9.58. The molecule has 1 unspecified atom stereocenters. The summed E-state index contributed by atoms with van der Waals surface area (Å²) in [6.45, 7) is 0. The molecule has 30 heavy (non-hydrogen) atoms. The molecule has 1 amide bonds. The van der Waals surface area contributed by atoms with Crippen molar-refractivity contribution in [2.24, 2.45) is 5.10 Å². The van der Waals surface area contributed by atoms with Gasteiger partial charge in [0.05, 0.1) is 18.3 Å². The van der Waals surface area contributed by atoms with Crippen molar-refractivity contribution in [3.63, 3.8) is 0 Å². The lowest BCUT2D eigenvalue weighted by atomic mass is 10.1. The van der Waals surface area contributed by atoms with Gasteiger partial charge in [-0.2, -0.15) is 18.3 Å². The fraction of sp³-hybridized carbons (Fsp3) is 0.222. The largest absolute Gasteiger partial charge is 0.467 e. The Balaban J connectivity index is 1.54. The van der Waals surface area contributed by atoms with Crippen LogP contribution in [0.1, 0.15) is 29.7 Å². The SMILES string of the molecule is O=C(CSc1nc(C(F)(F)F)cc(=O)[nH]1)N1N=C(c2ccco2)CC1c1ccco1. The number of H-pyrrole nitrogens is 1. The minimum Gasteiger partial charge on any atom is -0.467 e. The van der Waals surface area contributed by atoms with Crippen LogP contribution in [0.3, 0.4) is 0 Å². The van der Waals surface area contributed by atoms with Gasteiger partial charge in [-0.3, -0.25) is 9.59 Å². The van der Waals surface area contributed by atoms with Crippen LogP contribution in [0.15, 0.2) is 66.7 Å². The lowest BCUT2D eigenvalue weighted by Crippen LogP contribution is -2.28. The minimum atomic E-state index is -4.77. The Bertz CT molecular complexity index is 1120. The lowest BCUT2D eigenvalue weighted by Gasteiger charge is -2.19. The maximum Gasteiger partial charge on any atom is 0.433 e. The number of nitrogens with one attached hydrogen (secondary N) is 1. The maximum absolute atomic E-state index is 12.8. The van der Waals surface area contributed by atoms with Gasteiger partial charge in [0.2, 0.25) is 0 Å². The molecule has 0 aliphatic carbocycles. The number of furan rings is 2. The van der Waals surface area contributed by atoms with Crippen LogP contribution in [0.25, 0.3) is 0 Å². The predicted molar refractivity (Wildman–Crippen MR) is 98.7 cm³/mol. The summed E-state index contributed by atoms with van der Waals surface area (Å²) in [5, 5.41) is 5.21. The number of thioether (sulfide) groups is 1. The first-order valence-electron chi connectivity index (χ1n) is 8.59. The summed E-state index contributed by atoms with van der Waals surface area (Å²) in [5.41, 5.74) is -1.75. The quantitative estimate of drug-likeness (QED) is 0.483. The third-order valence-corrected chi connectivity index (χ3v) is 5.04. The molecule has 0 fully saturated rings. The molecule has 0 spiro atoms. The number of halogens is 3. The number of hydrogen-bond acceptors (Lipinski definition) is 7. The molecule has 3 aromatic rings. The summed E-state index contributed by atoms with van der Waals surface area (Å²) < 4.78 is 49.3. The van der Waals surface area contributed by atoms with Crippen molar-refractivity contribution in [1.29, 1.82) is 0 Å². The van der Waals surface area contributed by atoms with Gasteiger partial charge in [0, 0.05) is 12.5 Å². The number of rotatable bonds is 5. The molecule has 0 bridgehead atoms. The average molecular weight is 438 g/mol. The van der Waals surface area contributed by atoms with E-state index in [2.05, 4.69) is 15.1 Å². The Morgan fingerprint density at radius 1 is 1.27 bits per heavy atom. The van der Waals surface area contributed by atoms with E-state index in [1.54, 1.807) is 24.3 Å². The van der Waals surface area contributed by atoms with Crippen molar-refractivity contribution in [3.05, 3.63) is 70.4 Å². The zero-order valence-corrected chi connectivity index (χ0v) is 15.9. The maximum atomic E-state index is 12.8. The zero-order chi connectivity index (χ0) is 21.3. The highest BCUT2D eigenvalue weighted by Crippen LogP contribution is 2.34. The van der Waals surface area contributed by atoms with Crippen LogP contribution in [0.5, 0.6) is 0 Å². The van der Waals surface area contributed by atoms with Crippen LogP contribution in [0.4, 0.5) is 13.2 Å². The van der Waals surface area contributed by atoms with Gasteiger partial charge >= 0.3 is 6.18 Å².